The van der Waals surface area contributed by atoms with Crippen molar-refractivity contribution < 1.29 is 4.74 Å². The van der Waals surface area contributed by atoms with Crippen LogP contribution in [0.4, 0.5) is 5.69 Å². The summed E-state index contributed by atoms with van der Waals surface area (Å²) in [6.07, 6.45) is 1.65. The van der Waals surface area contributed by atoms with Crippen molar-refractivity contribution in [2.45, 2.75) is 13.1 Å². The largest absolute Gasteiger partial charge is 0.379 e. The first-order valence-electron chi connectivity index (χ1n) is 7.97. The van der Waals surface area contributed by atoms with Gasteiger partial charge in [0.05, 0.1) is 25.1 Å². The highest BCUT2D eigenvalue weighted by Crippen LogP contribution is 2.17. The number of benzene rings is 1. The second-order valence-corrected chi connectivity index (χ2v) is 6.65. The number of nitrogens with one attached hydrogen (secondary N) is 1. The molecule has 24 heavy (non-hydrogen) atoms. The molecule has 2 aromatic rings. The molecule has 1 aromatic carbocycles. The molecule has 7 heteroatoms. The van der Waals surface area contributed by atoms with Crippen LogP contribution in [-0.4, -0.2) is 41.0 Å². The molecule has 2 heterocycles. The first kappa shape index (κ1) is 17.1. The highest BCUT2D eigenvalue weighted by atomic mass is 79.9. The smallest absolute Gasteiger partial charge is 0.282 e. The van der Waals surface area contributed by atoms with Crippen LogP contribution in [0.25, 0.3) is 0 Å². The molecule has 1 aliphatic heterocycles. The maximum Gasteiger partial charge on any atom is 0.282 e. The second kappa shape index (κ2) is 7.92. The first-order valence-corrected chi connectivity index (χ1v) is 8.76. The third kappa shape index (κ3) is 4.23. The maximum atomic E-state index is 11.8. The summed E-state index contributed by atoms with van der Waals surface area (Å²) in [6.45, 7) is 5.23. The molecule has 6 nitrogen and oxygen atoms in total. The number of nitrogens with zero attached hydrogens (tertiary/aromatic N) is 3. The number of aryl methyl sites for hydroxylation is 1. The minimum absolute atomic E-state index is 0.152. The fourth-order valence-electron chi connectivity index (χ4n) is 2.61. The molecular weight excluding hydrogens is 372 g/mol. The molecule has 0 unspecified atom stereocenters. The summed E-state index contributed by atoms with van der Waals surface area (Å²) in [7, 11) is 1.63. The normalized spacial score (nSPS) is 15.4. The van der Waals surface area contributed by atoms with Crippen LogP contribution in [0, 0.1) is 0 Å². The van der Waals surface area contributed by atoms with E-state index in [0.29, 0.717) is 16.7 Å². The fraction of sp³-hybridized carbons (Fsp3) is 0.412. The number of halogens is 1. The molecule has 0 spiro atoms. The molecule has 0 bridgehead atoms. The van der Waals surface area contributed by atoms with Gasteiger partial charge in [-0.05, 0) is 27.1 Å². The van der Waals surface area contributed by atoms with E-state index in [1.807, 2.05) is 0 Å². The summed E-state index contributed by atoms with van der Waals surface area (Å²) >= 11 is 3.32. The van der Waals surface area contributed by atoms with E-state index in [0.717, 1.165) is 38.4 Å². The van der Waals surface area contributed by atoms with Crippen LogP contribution in [0.2, 0.25) is 0 Å². The van der Waals surface area contributed by atoms with E-state index in [1.165, 1.54) is 10.2 Å². The number of morpholine rings is 1. The summed E-state index contributed by atoms with van der Waals surface area (Å²) in [4.78, 5) is 14.2. The molecule has 1 fully saturated rings. The zero-order chi connectivity index (χ0) is 16.9. The van der Waals surface area contributed by atoms with Crippen LogP contribution in [0.1, 0.15) is 11.1 Å². The number of anilines is 1. The van der Waals surface area contributed by atoms with Crippen molar-refractivity contribution in [2.24, 2.45) is 7.05 Å². The van der Waals surface area contributed by atoms with Crippen molar-refractivity contribution in [1.29, 1.82) is 0 Å². The summed E-state index contributed by atoms with van der Waals surface area (Å²) in [5, 5.41) is 7.28. The van der Waals surface area contributed by atoms with Crippen LogP contribution < -0.4 is 10.9 Å². The van der Waals surface area contributed by atoms with E-state index in [-0.39, 0.29) is 5.56 Å². The summed E-state index contributed by atoms with van der Waals surface area (Å²) < 4.78 is 7.18. The molecule has 1 aromatic heterocycles. The van der Waals surface area contributed by atoms with Gasteiger partial charge >= 0.3 is 0 Å². The Hall–Kier alpha value is -1.70. The van der Waals surface area contributed by atoms with Gasteiger partial charge in [0, 0.05) is 33.2 Å². The lowest BCUT2D eigenvalue weighted by molar-refractivity contribution is 0.0342. The Labute approximate surface area is 149 Å². The predicted molar refractivity (Wildman–Crippen MR) is 97.0 cm³/mol. The van der Waals surface area contributed by atoms with E-state index in [2.05, 4.69) is 55.5 Å². The van der Waals surface area contributed by atoms with E-state index in [9.17, 15) is 4.79 Å². The fourth-order valence-corrected chi connectivity index (χ4v) is 3.11. The van der Waals surface area contributed by atoms with E-state index in [4.69, 9.17) is 4.74 Å². The maximum absolute atomic E-state index is 11.8. The predicted octanol–water partition coefficient (Wildman–Crippen LogP) is 1.99. The number of hydrogen-bond donors (Lipinski definition) is 1. The van der Waals surface area contributed by atoms with Gasteiger partial charge in [-0.3, -0.25) is 9.69 Å². The number of ether oxygens (including phenoxy) is 1. The van der Waals surface area contributed by atoms with Crippen molar-refractivity contribution in [1.82, 2.24) is 14.7 Å². The summed E-state index contributed by atoms with van der Waals surface area (Å²) in [5.41, 5.74) is 3.02. The molecule has 0 aliphatic carbocycles. The van der Waals surface area contributed by atoms with Crippen molar-refractivity contribution in [3.63, 3.8) is 0 Å². The Morgan fingerprint density at radius 1 is 1.21 bits per heavy atom. The summed E-state index contributed by atoms with van der Waals surface area (Å²) in [6, 6.07) is 8.55. The number of aromatic nitrogens is 2. The van der Waals surface area contributed by atoms with Crippen LogP contribution >= 0.6 is 15.9 Å². The third-order valence-corrected chi connectivity index (χ3v) is 4.86. The van der Waals surface area contributed by atoms with Crippen LogP contribution in [-0.2, 0) is 24.9 Å². The Morgan fingerprint density at radius 2 is 1.88 bits per heavy atom. The molecule has 0 radical (unpaired) electrons. The van der Waals surface area contributed by atoms with Gasteiger partial charge in [-0.1, -0.05) is 24.3 Å². The molecule has 3 rings (SSSR count). The van der Waals surface area contributed by atoms with Crippen LogP contribution in [0.5, 0.6) is 0 Å². The second-order valence-electron chi connectivity index (χ2n) is 5.86. The topological polar surface area (TPSA) is 59.4 Å². The lowest BCUT2D eigenvalue weighted by atomic mass is 10.1. The number of hydrogen-bond acceptors (Lipinski definition) is 5. The van der Waals surface area contributed by atoms with E-state index < -0.39 is 0 Å². The van der Waals surface area contributed by atoms with Crippen molar-refractivity contribution in [3.05, 3.63) is 56.4 Å². The zero-order valence-electron chi connectivity index (χ0n) is 13.7. The SMILES string of the molecule is Cn1ncc(NCc2ccc(CN3CCOCC3)cc2)c(Br)c1=O. The molecular formula is C17H21BrN4O2. The minimum Gasteiger partial charge on any atom is -0.379 e. The van der Waals surface area contributed by atoms with Gasteiger partial charge in [-0.25, -0.2) is 4.68 Å². The van der Waals surface area contributed by atoms with Gasteiger partial charge in [0.15, 0.2) is 0 Å². The monoisotopic (exact) mass is 392 g/mol. The lowest BCUT2D eigenvalue weighted by Crippen LogP contribution is -2.35. The van der Waals surface area contributed by atoms with Gasteiger partial charge in [0.1, 0.15) is 4.47 Å². The van der Waals surface area contributed by atoms with Gasteiger partial charge < -0.3 is 10.1 Å². The lowest BCUT2D eigenvalue weighted by Gasteiger charge is -2.26. The first-order chi connectivity index (χ1) is 11.6. The van der Waals surface area contributed by atoms with Gasteiger partial charge in [-0.2, -0.15) is 5.10 Å². The molecule has 1 N–H and O–H groups in total. The van der Waals surface area contributed by atoms with Crippen molar-refractivity contribution >= 4 is 21.6 Å². The molecule has 0 saturated carbocycles. The molecule has 128 valence electrons. The highest BCUT2D eigenvalue weighted by molar-refractivity contribution is 9.10. The molecule has 1 saturated heterocycles. The van der Waals surface area contributed by atoms with Gasteiger partial charge in [0.2, 0.25) is 0 Å². The average molecular weight is 393 g/mol. The highest BCUT2D eigenvalue weighted by Gasteiger charge is 2.10. The molecule has 1 aliphatic rings. The zero-order valence-corrected chi connectivity index (χ0v) is 15.3. The van der Waals surface area contributed by atoms with E-state index >= 15 is 0 Å². The van der Waals surface area contributed by atoms with Gasteiger partial charge in [-0.15, -0.1) is 0 Å². The summed E-state index contributed by atoms with van der Waals surface area (Å²) in [5.74, 6) is 0. The average Bonchev–Trinajstić information content (AvgIpc) is 2.61. The van der Waals surface area contributed by atoms with Crippen LogP contribution in [0.15, 0.2) is 39.7 Å². The quantitative estimate of drug-likeness (QED) is 0.842. The minimum atomic E-state index is -0.152. The van der Waals surface area contributed by atoms with Crippen LogP contribution in [0.3, 0.4) is 0 Å². The van der Waals surface area contributed by atoms with Crippen molar-refractivity contribution in [3.8, 4) is 0 Å². The Kier molecular flexibility index (Phi) is 5.65. The molecule has 0 atom stereocenters. The molecule has 0 amide bonds. The van der Waals surface area contributed by atoms with E-state index in [1.54, 1.807) is 13.2 Å². The Balaban J connectivity index is 1.58. The Bertz CT molecular complexity index is 739. The third-order valence-electron chi connectivity index (χ3n) is 4.09. The Morgan fingerprint density at radius 3 is 2.58 bits per heavy atom. The van der Waals surface area contributed by atoms with Crippen molar-refractivity contribution in [2.75, 3.05) is 31.6 Å². The van der Waals surface area contributed by atoms with Gasteiger partial charge in [0.25, 0.3) is 5.56 Å². The number of rotatable bonds is 5. The standard InChI is InChI=1S/C17H21BrN4O2/c1-21-17(23)16(18)15(11-20-21)19-10-13-2-4-14(5-3-13)12-22-6-8-24-9-7-22/h2-5,11,19H,6-10,12H2,1H3.